The van der Waals surface area contributed by atoms with Crippen LogP contribution in [0.5, 0.6) is 0 Å². The number of hydrogen-bond acceptors (Lipinski definition) is 5. The molecule has 6 nitrogen and oxygen atoms in total. The van der Waals surface area contributed by atoms with Crippen LogP contribution >= 0.6 is 0 Å². The minimum absolute atomic E-state index is 0.0634. The van der Waals surface area contributed by atoms with Crippen LogP contribution in [0.1, 0.15) is 18.5 Å². The average Bonchev–Trinajstić information content (AvgIpc) is 2.47. The van der Waals surface area contributed by atoms with Crippen molar-refractivity contribution in [2.75, 3.05) is 19.7 Å². The van der Waals surface area contributed by atoms with Gasteiger partial charge in [-0.15, -0.1) is 0 Å². The molecule has 20 heavy (non-hydrogen) atoms. The van der Waals surface area contributed by atoms with E-state index in [-0.39, 0.29) is 30.6 Å². The summed E-state index contributed by atoms with van der Waals surface area (Å²) in [6.07, 6.45) is -0.707. The summed E-state index contributed by atoms with van der Waals surface area (Å²) in [6, 6.07) is 8.31. The summed E-state index contributed by atoms with van der Waals surface area (Å²) < 4.78 is 31.4. The molecule has 0 aromatic heterocycles. The van der Waals surface area contributed by atoms with Crippen LogP contribution in [0.25, 0.3) is 0 Å². The minimum atomic E-state index is -3.59. The highest BCUT2D eigenvalue weighted by molar-refractivity contribution is 7.89. The van der Waals surface area contributed by atoms with Gasteiger partial charge in [-0.05, 0) is 24.6 Å². The molecule has 2 N–H and O–H groups in total. The maximum Gasteiger partial charge on any atom is 0.243 e. The molecule has 1 aromatic carbocycles. The molecule has 1 aliphatic rings. The molecule has 7 heteroatoms. The van der Waals surface area contributed by atoms with E-state index in [1.807, 2.05) is 13.0 Å². The van der Waals surface area contributed by atoms with E-state index in [2.05, 4.69) is 0 Å². The lowest BCUT2D eigenvalue weighted by Crippen LogP contribution is -2.44. The van der Waals surface area contributed by atoms with Crippen molar-refractivity contribution >= 4 is 10.0 Å². The van der Waals surface area contributed by atoms with Gasteiger partial charge >= 0.3 is 0 Å². The molecule has 0 amide bonds. The third kappa shape index (κ3) is 2.99. The molecule has 0 saturated carbocycles. The zero-order chi connectivity index (χ0) is 14.8. The first-order valence-corrected chi connectivity index (χ1v) is 7.76. The summed E-state index contributed by atoms with van der Waals surface area (Å²) in [7, 11) is -3.59. The Bertz CT molecular complexity index is 605. The van der Waals surface area contributed by atoms with Gasteiger partial charge < -0.3 is 10.5 Å². The Morgan fingerprint density at radius 2 is 2.10 bits per heavy atom. The van der Waals surface area contributed by atoms with Crippen LogP contribution in [0, 0.1) is 11.3 Å². The summed E-state index contributed by atoms with van der Waals surface area (Å²) in [5, 5.41) is 8.83. The Morgan fingerprint density at radius 3 is 2.65 bits per heavy atom. The van der Waals surface area contributed by atoms with Crippen LogP contribution in [0.4, 0.5) is 0 Å². The number of hydrogen-bond donors (Lipinski definition) is 1. The van der Waals surface area contributed by atoms with E-state index in [0.29, 0.717) is 0 Å². The number of nitrogens with two attached hydrogens (primary N) is 1. The minimum Gasteiger partial charge on any atom is -0.361 e. The van der Waals surface area contributed by atoms with E-state index in [9.17, 15) is 8.42 Å². The first-order chi connectivity index (χ1) is 9.45. The molecule has 1 saturated heterocycles. The molecule has 108 valence electrons. The molecule has 2 atom stereocenters. The van der Waals surface area contributed by atoms with Gasteiger partial charge in [0.25, 0.3) is 0 Å². The van der Waals surface area contributed by atoms with Crippen LogP contribution in [-0.4, -0.2) is 38.5 Å². The van der Waals surface area contributed by atoms with Gasteiger partial charge in [0.2, 0.25) is 10.0 Å². The summed E-state index contributed by atoms with van der Waals surface area (Å²) in [5.41, 5.74) is 6.62. The third-order valence-corrected chi connectivity index (χ3v) is 5.10. The molecule has 1 heterocycles. The fourth-order valence-electron chi connectivity index (χ4n) is 2.01. The monoisotopic (exact) mass is 295 g/mol. The van der Waals surface area contributed by atoms with E-state index in [0.717, 1.165) is 5.56 Å². The molecular formula is C13H17N3O3S. The predicted molar refractivity (Wildman–Crippen MR) is 73.2 cm³/mol. The first kappa shape index (κ1) is 14.9. The van der Waals surface area contributed by atoms with Gasteiger partial charge in [-0.25, -0.2) is 8.42 Å². The molecule has 2 unspecified atom stereocenters. The van der Waals surface area contributed by atoms with Crippen molar-refractivity contribution in [2.45, 2.75) is 24.0 Å². The number of rotatable bonds is 3. The summed E-state index contributed by atoms with van der Waals surface area (Å²) in [4.78, 5) is 0.209. The predicted octanol–water partition coefficient (Wildman–Crippen LogP) is 0.619. The van der Waals surface area contributed by atoms with E-state index >= 15 is 0 Å². The van der Waals surface area contributed by atoms with E-state index in [4.69, 9.17) is 15.7 Å². The van der Waals surface area contributed by atoms with Crippen molar-refractivity contribution in [2.24, 2.45) is 5.73 Å². The van der Waals surface area contributed by atoms with Gasteiger partial charge in [-0.2, -0.15) is 9.57 Å². The van der Waals surface area contributed by atoms with Crippen molar-refractivity contribution in [1.82, 2.24) is 4.31 Å². The Morgan fingerprint density at radius 1 is 1.45 bits per heavy atom. The second-order valence-electron chi connectivity index (χ2n) is 4.71. The summed E-state index contributed by atoms with van der Waals surface area (Å²) in [5.74, 6) is 0. The van der Waals surface area contributed by atoms with Crippen LogP contribution < -0.4 is 5.73 Å². The fraction of sp³-hybridized carbons (Fsp3) is 0.462. The number of sulfonamides is 1. The van der Waals surface area contributed by atoms with Crippen LogP contribution in [-0.2, 0) is 14.8 Å². The zero-order valence-electron chi connectivity index (χ0n) is 11.2. The van der Waals surface area contributed by atoms with Crippen molar-refractivity contribution in [3.8, 4) is 6.07 Å². The Balaban J connectivity index is 2.24. The molecule has 1 aliphatic heterocycles. The largest absolute Gasteiger partial charge is 0.361 e. The lowest BCUT2D eigenvalue weighted by Gasteiger charge is -2.29. The number of ether oxygens (including phenoxy) is 1. The van der Waals surface area contributed by atoms with Gasteiger partial charge in [0.1, 0.15) is 0 Å². The maximum absolute atomic E-state index is 12.5. The smallest absolute Gasteiger partial charge is 0.243 e. The van der Waals surface area contributed by atoms with E-state index in [1.54, 1.807) is 24.3 Å². The van der Waals surface area contributed by atoms with Crippen molar-refractivity contribution < 1.29 is 13.2 Å². The molecule has 2 rings (SSSR count). The number of nitriles is 1. The second kappa shape index (κ2) is 5.89. The van der Waals surface area contributed by atoms with Gasteiger partial charge in [0.05, 0.1) is 24.1 Å². The molecule has 1 aromatic rings. The van der Waals surface area contributed by atoms with Crippen LogP contribution in [0.2, 0.25) is 0 Å². The highest BCUT2D eigenvalue weighted by Crippen LogP contribution is 2.20. The standard InChI is InChI=1S/C13H17N3O3S/c1-10(15)11-2-4-13(5-3-11)20(17,18)16-6-7-19-12(8-14)9-16/h2-5,10,12H,6-7,9,15H2,1H3. The SMILES string of the molecule is CC(N)c1ccc(S(=O)(=O)N2CCOC(C#N)C2)cc1. The number of nitrogens with zero attached hydrogens (tertiary/aromatic N) is 2. The Labute approximate surface area is 118 Å². The maximum atomic E-state index is 12.5. The molecule has 0 spiro atoms. The summed E-state index contributed by atoms with van der Waals surface area (Å²) in [6.45, 7) is 2.39. The Hall–Kier alpha value is -1.46. The van der Waals surface area contributed by atoms with Crippen LogP contribution in [0.15, 0.2) is 29.2 Å². The van der Waals surface area contributed by atoms with Crippen molar-refractivity contribution in [1.29, 1.82) is 5.26 Å². The Kier molecular flexibility index (Phi) is 4.40. The lowest BCUT2D eigenvalue weighted by molar-refractivity contribution is 0.0311. The van der Waals surface area contributed by atoms with Crippen molar-refractivity contribution in [3.05, 3.63) is 29.8 Å². The topological polar surface area (TPSA) is 96.4 Å². The molecule has 0 bridgehead atoms. The lowest BCUT2D eigenvalue weighted by atomic mass is 10.1. The second-order valence-corrected chi connectivity index (χ2v) is 6.65. The van der Waals surface area contributed by atoms with Gasteiger partial charge in [0.15, 0.2) is 6.10 Å². The van der Waals surface area contributed by atoms with E-state index in [1.165, 1.54) is 4.31 Å². The molecule has 0 aliphatic carbocycles. The fourth-order valence-corrected chi connectivity index (χ4v) is 3.44. The molecular weight excluding hydrogens is 278 g/mol. The number of morpholine rings is 1. The normalized spacial score (nSPS) is 22.1. The van der Waals surface area contributed by atoms with Gasteiger partial charge in [-0.1, -0.05) is 12.1 Å². The first-order valence-electron chi connectivity index (χ1n) is 6.32. The third-order valence-electron chi connectivity index (χ3n) is 3.22. The van der Waals surface area contributed by atoms with E-state index < -0.39 is 16.1 Å². The highest BCUT2D eigenvalue weighted by Gasteiger charge is 2.30. The number of benzene rings is 1. The average molecular weight is 295 g/mol. The summed E-state index contributed by atoms with van der Waals surface area (Å²) >= 11 is 0. The van der Waals surface area contributed by atoms with Gasteiger partial charge in [0, 0.05) is 12.6 Å². The highest BCUT2D eigenvalue weighted by atomic mass is 32.2. The molecule has 0 radical (unpaired) electrons. The van der Waals surface area contributed by atoms with Crippen LogP contribution in [0.3, 0.4) is 0 Å². The zero-order valence-corrected chi connectivity index (χ0v) is 12.0. The molecule has 1 fully saturated rings. The van der Waals surface area contributed by atoms with Crippen molar-refractivity contribution in [3.63, 3.8) is 0 Å². The quantitative estimate of drug-likeness (QED) is 0.881. The van der Waals surface area contributed by atoms with Gasteiger partial charge in [-0.3, -0.25) is 0 Å².